The van der Waals surface area contributed by atoms with Crippen LogP contribution in [0.4, 0.5) is 0 Å². The molecule has 0 aliphatic heterocycles. The van der Waals surface area contributed by atoms with Crippen molar-refractivity contribution in [2.45, 2.75) is 42.8 Å². The van der Waals surface area contributed by atoms with Gasteiger partial charge in [-0.05, 0) is 43.5 Å². The van der Waals surface area contributed by atoms with E-state index >= 15 is 0 Å². The Balaban J connectivity index is 1.30. The van der Waals surface area contributed by atoms with Crippen LogP contribution in [0.25, 0.3) is 22.3 Å². The highest BCUT2D eigenvalue weighted by molar-refractivity contribution is 8.00. The standard InChI is InChI=1S/C25H27N5O3S/c1-15(24(31)27-13-16-8-11-21(32-2)22(12-16)33-3)34-25-29-28-23(30(25)17-9-10-17)19-14-26-20-7-5-4-6-18(19)20/h4-8,11-12,14-15,17,26H,9-10,13H2,1-3H3,(H,27,31). The summed E-state index contributed by atoms with van der Waals surface area (Å²) in [6.45, 7) is 2.30. The van der Waals surface area contributed by atoms with Crippen LogP contribution in [-0.2, 0) is 11.3 Å². The fourth-order valence-electron chi connectivity index (χ4n) is 3.99. The minimum Gasteiger partial charge on any atom is -0.493 e. The van der Waals surface area contributed by atoms with Gasteiger partial charge >= 0.3 is 0 Å². The van der Waals surface area contributed by atoms with Crippen LogP contribution in [0.1, 0.15) is 31.4 Å². The van der Waals surface area contributed by atoms with Crippen molar-refractivity contribution in [3.63, 3.8) is 0 Å². The molecule has 34 heavy (non-hydrogen) atoms. The molecule has 0 bridgehead atoms. The minimum atomic E-state index is -0.322. The molecule has 2 aromatic carbocycles. The highest BCUT2D eigenvalue weighted by Gasteiger charge is 2.32. The summed E-state index contributed by atoms with van der Waals surface area (Å²) >= 11 is 1.44. The van der Waals surface area contributed by atoms with Gasteiger partial charge in [0.1, 0.15) is 0 Å². The van der Waals surface area contributed by atoms with Crippen LogP contribution in [0.15, 0.2) is 53.8 Å². The molecular formula is C25H27N5O3S. The molecule has 2 heterocycles. The normalized spacial score (nSPS) is 14.2. The second-order valence-electron chi connectivity index (χ2n) is 8.32. The molecule has 0 saturated heterocycles. The van der Waals surface area contributed by atoms with Gasteiger partial charge in [-0.3, -0.25) is 9.36 Å². The monoisotopic (exact) mass is 477 g/mol. The maximum atomic E-state index is 12.9. The summed E-state index contributed by atoms with van der Waals surface area (Å²) in [6.07, 6.45) is 4.18. The number of amides is 1. The van der Waals surface area contributed by atoms with Crippen molar-refractivity contribution in [3.05, 3.63) is 54.2 Å². The van der Waals surface area contributed by atoms with Crippen molar-refractivity contribution in [2.75, 3.05) is 14.2 Å². The van der Waals surface area contributed by atoms with Crippen molar-refractivity contribution in [1.29, 1.82) is 0 Å². The summed E-state index contributed by atoms with van der Waals surface area (Å²) in [6, 6.07) is 14.2. The first-order valence-corrected chi connectivity index (χ1v) is 12.1. The Kier molecular flexibility index (Phi) is 6.19. The van der Waals surface area contributed by atoms with Crippen LogP contribution >= 0.6 is 11.8 Å². The van der Waals surface area contributed by atoms with Gasteiger partial charge in [-0.1, -0.05) is 36.0 Å². The Hall–Kier alpha value is -3.46. The smallest absolute Gasteiger partial charge is 0.233 e. The Morgan fingerprint density at radius 1 is 1.18 bits per heavy atom. The molecule has 1 aliphatic rings. The number of nitrogens with zero attached hydrogens (tertiary/aromatic N) is 3. The zero-order chi connectivity index (χ0) is 23.7. The predicted octanol–water partition coefficient (Wildman–Crippen LogP) is 4.58. The summed E-state index contributed by atoms with van der Waals surface area (Å²) in [5.41, 5.74) is 3.04. The fraction of sp³-hybridized carbons (Fsp3) is 0.320. The second kappa shape index (κ2) is 9.42. The van der Waals surface area contributed by atoms with Crippen molar-refractivity contribution < 1.29 is 14.3 Å². The van der Waals surface area contributed by atoms with Gasteiger partial charge in [-0.15, -0.1) is 10.2 Å². The third kappa shape index (κ3) is 4.35. The first-order valence-electron chi connectivity index (χ1n) is 11.3. The van der Waals surface area contributed by atoms with E-state index in [1.807, 2.05) is 43.5 Å². The number of carbonyl (C=O) groups excluding carboxylic acids is 1. The molecule has 1 fully saturated rings. The van der Waals surface area contributed by atoms with Gasteiger partial charge in [-0.2, -0.15) is 0 Å². The lowest BCUT2D eigenvalue weighted by Crippen LogP contribution is -2.30. The van der Waals surface area contributed by atoms with E-state index in [1.165, 1.54) is 11.8 Å². The highest BCUT2D eigenvalue weighted by atomic mass is 32.2. The first-order chi connectivity index (χ1) is 16.6. The van der Waals surface area contributed by atoms with Gasteiger partial charge < -0.3 is 19.8 Å². The topological polar surface area (TPSA) is 94.1 Å². The maximum absolute atomic E-state index is 12.9. The number of methoxy groups -OCH3 is 2. The van der Waals surface area contributed by atoms with Gasteiger partial charge in [0.15, 0.2) is 22.5 Å². The number of H-pyrrole nitrogens is 1. The quantitative estimate of drug-likeness (QED) is 0.343. The number of rotatable bonds is 9. The van der Waals surface area contributed by atoms with E-state index in [2.05, 4.69) is 37.2 Å². The number of benzene rings is 2. The molecule has 1 atom stereocenters. The highest BCUT2D eigenvalue weighted by Crippen LogP contribution is 2.42. The molecule has 2 aromatic heterocycles. The van der Waals surface area contributed by atoms with Crippen LogP contribution in [0, 0.1) is 0 Å². The van der Waals surface area contributed by atoms with Gasteiger partial charge in [0, 0.05) is 35.2 Å². The lowest BCUT2D eigenvalue weighted by atomic mass is 10.1. The lowest BCUT2D eigenvalue weighted by molar-refractivity contribution is -0.120. The molecule has 8 nitrogen and oxygen atoms in total. The van der Waals surface area contributed by atoms with E-state index in [0.29, 0.717) is 24.1 Å². The van der Waals surface area contributed by atoms with E-state index in [1.54, 1.807) is 14.2 Å². The molecular weight excluding hydrogens is 450 g/mol. The largest absolute Gasteiger partial charge is 0.493 e. The van der Waals surface area contributed by atoms with Crippen LogP contribution in [0.3, 0.4) is 0 Å². The van der Waals surface area contributed by atoms with E-state index in [9.17, 15) is 4.79 Å². The van der Waals surface area contributed by atoms with Crippen molar-refractivity contribution in [3.8, 4) is 22.9 Å². The average molecular weight is 478 g/mol. The molecule has 0 radical (unpaired) electrons. The molecule has 2 N–H and O–H groups in total. The number of aromatic amines is 1. The summed E-state index contributed by atoms with van der Waals surface area (Å²) in [4.78, 5) is 16.2. The van der Waals surface area contributed by atoms with Crippen LogP contribution < -0.4 is 14.8 Å². The third-order valence-corrected chi connectivity index (χ3v) is 7.03. The van der Waals surface area contributed by atoms with Crippen LogP contribution in [0.5, 0.6) is 11.5 Å². The molecule has 176 valence electrons. The molecule has 1 unspecified atom stereocenters. The molecule has 1 amide bonds. The van der Waals surface area contributed by atoms with Crippen molar-refractivity contribution in [2.24, 2.45) is 0 Å². The summed E-state index contributed by atoms with van der Waals surface area (Å²) in [7, 11) is 3.20. The van der Waals surface area contributed by atoms with Gasteiger partial charge in [0.05, 0.1) is 19.5 Å². The zero-order valence-corrected chi connectivity index (χ0v) is 20.2. The van der Waals surface area contributed by atoms with Crippen LogP contribution in [0.2, 0.25) is 0 Å². The Labute approximate surface area is 202 Å². The predicted molar refractivity (Wildman–Crippen MR) is 132 cm³/mol. The first kappa shape index (κ1) is 22.3. The molecule has 9 heteroatoms. The average Bonchev–Trinajstić information content (AvgIpc) is 3.48. The fourth-order valence-corrected chi connectivity index (χ4v) is 4.94. The Morgan fingerprint density at radius 3 is 2.74 bits per heavy atom. The number of carbonyl (C=O) groups is 1. The van der Waals surface area contributed by atoms with Gasteiger partial charge in [0.25, 0.3) is 0 Å². The summed E-state index contributed by atoms with van der Waals surface area (Å²) in [5.74, 6) is 2.09. The SMILES string of the molecule is COc1ccc(CNC(=O)C(C)Sc2nnc(-c3c[nH]c4ccccc34)n2C2CC2)cc1OC. The number of hydrogen-bond acceptors (Lipinski definition) is 6. The molecule has 1 aliphatic carbocycles. The number of thioether (sulfide) groups is 1. The minimum absolute atomic E-state index is 0.0567. The Bertz CT molecular complexity index is 1330. The van der Waals surface area contributed by atoms with E-state index < -0.39 is 0 Å². The van der Waals surface area contributed by atoms with E-state index in [0.717, 1.165) is 45.9 Å². The zero-order valence-electron chi connectivity index (χ0n) is 19.4. The van der Waals surface area contributed by atoms with Crippen LogP contribution in [-0.4, -0.2) is 45.1 Å². The lowest BCUT2D eigenvalue weighted by Gasteiger charge is -2.14. The molecule has 1 saturated carbocycles. The number of nitrogens with one attached hydrogen (secondary N) is 2. The van der Waals surface area contributed by atoms with E-state index in [-0.39, 0.29) is 11.2 Å². The van der Waals surface area contributed by atoms with Gasteiger partial charge in [0.2, 0.25) is 5.91 Å². The van der Waals surface area contributed by atoms with Crippen molar-refractivity contribution in [1.82, 2.24) is 25.1 Å². The second-order valence-corrected chi connectivity index (χ2v) is 9.63. The molecule has 4 aromatic rings. The van der Waals surface area contributed by atoms with Gasteiger partial charge in [-0.25, -0.2) is 0 Å². The number of fused-ring (bicyclic) bond motifs is 1. The Morgan fingerprint density at radius 2 is 1.97 bits per heavy atom. The number of hydrogen-bond donors (Lipinski definition) is 2. The number of para-hydroxylation sites is 1. The molecule has 5 rings (SSSR count). The number of aromatic nitrogens is 4. The third-order valence-electron chi connectivity index (χ3n) is 5.97. The van der Waals surface area contributed by atoms with E-state index in [4.69, 9.17) is 9.47 Å². The molecule has 0 spiro atoms. The maximum Gasteiger partial charge on any atom is 0.233 e. The summed E-state index contributed by atoms with van der Waals surface area (Å²) < 4.78 is 12.8. The van der Waals surface area contributed by atoms with Crippen molar-refractivity contribution >= 4 is 28.6 Å². The summed E-state index contributed by atoms with van der Waals surface area (Å²) in [5, 5.41) is 13.6. The number of ether oxygens (including phenoxy) is 2.